The lowest BCUT2D eigenvalue weighted by Gasteiger charge is -2.39. The molecule has 0 saturated carbocycles. The molecule has 6 nitrogen and oxygen atoms in total. The summed E-state index contributed by atoms with van der Waals surface area (Å²) in [6, 6.07) is -0.435. The fraction of sp³-hybridized carbons (Fsp3) is 0.909. The number of aliphatic hydroxyl groups is 3. The van der Waals surface area contributed by atoms with E-state index in [0.717, 1.165) is 24.7 Å². The monoisotopic (exact) mass is 274 g/mol. The standard InChI is InChI=1S/C11H18N2O4S/c1-5(14)9-8(16)7(15)6-10(17-9)18-11(12-6)13-3-2-4-13/h5-10,14-16H,2-4H2,1H3/t5-,6-,7-,8+,9-,10-/m1/s1. The molecule has 3 aliphatic rings. The van der Waals surface area contributed by atoms with E-state index in [0.29, 0.717) is 0 Å². The summed E-state index contributed by atoms with van der Waals surface area (Å²) in [7, 11) is 0. The van der Waals surface area contributed by atoms with Crippen molar-refractivity contribution in [3.63, 3.8) is 0 Å². The first-order valence-electron chi connectivity index (χ1n) is 6.27. The van der Waals surface area contributed by atoms with Crippen LogP contribution < -0.4 is 0 Å². The van der Waals surface area contributed by atoms with Gasteiger partial charge in [-0.25, -0.2) is 0 Å². The molecule has 0 aliphatic carbocycles. The second-order valence-corrected chi connectivity index (χ2v) is 6.12. The van der Waals surface area contributed by atoms with Crippen LogP contribution in [0.15, 0.2) is 4.99 Å². The molecule has 0 aromatic rings. The van der Waals surface area contributed by atoms with Gasteiger partial charge in [-0.05, 0) is 13.3 Å². The number of hydrogen-bond acceptors (Lipinski definition) is 7. The van der Waals surface area contributed by atoms with E-state index in [1.807, 2.05) is 0 Å². The van der Waals surface area contributed by atoms with Crippen LogP contribution >= 0.6 is 11.8 Å². The van der Waals surface area contributed by atoms with E-state index in [1.54, 1.807) is 6.92 Å². The van der Waals surface area contributed by atoms with E-state index >= 15 is 0 Å². The molecule has 3 rings (SSSR count). The Morgan fingerprint density at radius 1 is 1.39 bits per heavy atom. The van der Waals surface area contributed by atoms with Crippen LogP contribution in [0.2, 0.25) is 0 Å². The van der Waals surface area contributed by atoms with Crippen molar-refractivity contribution < 1.29 is 20.1 Å². The summed E-state index contributed by atoms with van der Waals surface area (Å²) in [5, 5.41) is 30.4. The molecule has 0 spiro atoms. The highest BCUT2D eigenvalue weighted by molar-refractivity contribution is 8.14. The molecule has 2 saturated heterocycles. The van der Waals surface area contributed by atoms with Gasteiger partial charge in [0.25, 0.3) is 0 Å². The molecule has 18 heavy (non-hydrogen) atoms. The maximum atomic E-state index is 10.1. The number of ether oxygens (including phenoxy) is 1. The molecular formula is C11H18N2O4S. The second kappa shape index (κ2) is 4.64. The molecule has 0 amide bonds. The lowest BCUT2D eigenvalue weighted by Crippen LogP contribution is -2.57. The van der Waals surface area contributed by atoms with Crippen LogP contribution in [0, 0.1) is 0 Å². The molecule has 0 unspecified atom stereocenters. The summed E-state index contributed by atoms with van der Waals surface area (Å²) in [6.07, 6.45) is -2.47. The normalized spacial score (nSPS) is 45.2. The third kappa shape index (κ3) is 1.94. The Hall–Kier alpha value is -0.340. The van der Waals surface area contributed by atoms with Crippen LogP contribution in [0.5, 0.6) is 0 Å². The second-order valence-electron chi connectivity index (χ2n) is 5.05. The predicted molar refractivity (Wildman–Crippen MR) is 67.4 cm³/mol. The van der Waals surface area contributed by atoms with Crippen LogP contribution in [0.3, 0.4) is 0 Å². The fourth-order valence-corrected chi connectivity index (χ4v) is 3.70. The molecule has 102 valence electrons. The number of nitrogens with zero attached hydrogens (tertiary/aromatic N) is 2. The number of aliphatic hydroxyl groups excluding tert-OH is 3. The third-order valence-corrected chi connectivity index (χ3v) is 4.89. The maximum Gasteiger partial charge on any atom is 0.162 e. The Bertz CT molecular complexity index is 361. The summed E-state index contributed by atoms with van der Waals surface area (Å²) >= 11 is 1.48. The summed E-state index contributed by atoms with van der Waals surface area (Å²) in [5.41, 5.74) is -0.307. The highest BCUT2D eigenvalue weighted by Gasteiger charge is 2.50. The molecule has 0 bridgehead atoms. The Labute approximate surface area is 110 Å². The van der Waals surface area contributed by atoms with Gasteiger partial charge in [-0.3, -0.25) is 4.99 Å². The summed E-state index contributed by atoms with van der Waals surface area (Å²) in [6.45, 7) is 3.53. The molecular weight excluding hydrogens is 256 g/mol. The molecule has 3 N–H and O–H groups in total. The van der Waals surface area contributed by atoms with Crippen molar-refractivity contribution in [1.29, 1.82) is 0 Å². The third-order valence-electron chi connectivity index (χ3n) is 3.69. The summed E-state index contributed by atoms with van der Waals surface area (Å²) in [5.74, 6) is 0. The number of rotatable bonds is 1. The highest BCUT2D eigenvalue weighted by Crippen LogP contribution is 2.38. The van der Waals surface area contributed by atoms with Gasteiger partial charge in [0.05, 0.1) is 6.10 Å². The first-order valence-corrected chi connectivity index (χ1v) is 7.15. The van der Waals surface area contributed by atoms with Crippen molar-refractivity contribution in [2.75, 3.05) is 13.1 Å². The van der Waals surface area contributed by atoms with Gasteiger partial charge in [0, 0.05) is 13.1 Å². The van der Waals surface area contributed by atoms with Crippen LogP contribution in [0.1, 0.15) is 13.3 Å². The zero-order valence-electron chi connectivity index (χ0n) is 10.1. The molecule has 0 radical (unpaired) electrons. The molecule has 0 aromatic carbocycles. The fourth-order valence-electron chi connectivity index (χ4n) is 2.43. The minimum atomic E-state index is -1.09. The van der Waals surface area contributed by atoms with Gasteiger partial charge in [-0.2, -0.15) is 0 Å². The van der Waals surface area contributed by atoms with Gasteiger partial charge < -0.3 is 25.0 Å². The van der Waals surface area contributed by atoms with Crippen LogP contribution in [-0.4, -0.2) is 74.4 Å². The topological polar surface area (TPSA) is 85.5 Å². The SMILES string of the molecule is C[C@@H](O)[C@H]1O[C@@H]2SC(N3CCC3)=N[C@@H]2[C@@H](O)[C@@H]1O. The Morgan fingerprint density at radius 3 is 2.67 bits per heavy atom. The molecule has 3 heterocycles. The van der Waals surface area contributed by atoms with Gasteiger partial charge in [-0.15, -0.1) is 0 Å². The Balaban J connectivity index is 1.75. The number of fused-ring (bicyclic) bond motifs is 1. The largest absolute Gasteiger partial charge is 0.391 e. The van der Waals surface area contributed by atoms with Gasteiger partial charge in [0.2, 0.25) is 0 Å². The molecule has 2 fully saturated rings. The first kappa shape index (κ1) is 12.7. The molecule has 6 atom stereocenters. The van der Waals surface area contributed by atoms with E-state index in [-0.39, 0.29) is 5.44 Å². The van der Waals surface area contributed by atoms with E-state index in [2.05, 4.69) is 9.89 Å². The zero-order chi connectivity index (χ0) is 12.9. The minimum absolute atomic E-state index is 0.307. The lowest BCUT2D eigenvalue weighted by molar-refractivity contribution is -0.181. The number of aliphatic imine (C=N–C) groups is 1. The van der Waals surface area contributed by atoms with E-state index in [4.69, 9.17) is 4.74 Å². The van der Waals surface area contributed by atoms with Crippen molar-refractivity contribution in [3.8, 4) is 0 Å². The van der Waals surface area contributed by atoms with Crippen LogP contribution in [0.4, 0.5) is 0 Å². The first-order chi connectivity index (χ1) is 8.58. The predicted octanol–water partition coefficient (Wildman–Crippen LogP) is -1.01. The quantitative estimate of drug-likeness (QED) is 0.568. The number of likely N-dealkylation sites (tertiary alicyclic amines) is 1. The number of amidine groups is 1. The van der Waals surface area contributed by atoms with E-state index < -0.39 is 30.5 Å². The molecule has 3 aliphatic heterocycles. The zero-order valence-corrected chi connectivity index (χ0v) is 11.0. The Kier molecular flexibility index (Phi) is 3.27. The molecule has 0 aromatic heterocycles. The highest BCUT2D eigenvalue weighted by atomic mass is 32.2. The minimum Gasteiger partial charge on any atom is -0.391 e. The van der Waals surface area contributed by atoms with Crippen LogP contribution in [-0.2, 0) is 4.74 Å². The summed E-state index contributed by atoms with van der Waals surface area (Å²) in [4.78, 5) is 6.59. The van der Waals surface area contributed by atoms with Crippen molar-refractivity contribution in [2.45, 2.75) is 49.2 Å². The van der Waals surface area contributed by atoms with Crippen molar-refractivity contribution >= 4 is 16.9 Å². The van der Waals surface area contributed by atoms with Gasteiger partial charge in [-0.1, -0.05) is 11.8 Å². The van der Waals surface area contributed by atoms with E-state index in [9.17, 15) is 15.3 Å². The Morgan fingerprint density at radius 2 is 2.11 bits per heavy atom. The van der Waals surface area contributed by atoms with Crippen molar-refractivity contribution in [3.05, 3.63) is 0 Å². The van der Waals surface area contributed by atoms with Gasteiger partial charge in [0.1, 0.15) is 29.8 Å². The van der Waals surface area contributed by atoms with Gasteiger partial charge in [0.15, 0.2) is 5.17 Å². The van der Waals surface area contributed by atoms with E-state index in [1.165, 1.54) is 11.8 Å². The van der Waals surface area contributed by atoms with Gasteiger partial charge >= 0.3 is 0 Å². The smallest absolute Gasteiger partial charge is 0.162 e. The molecule has 7 heteroatoms. The lowest BCUT2D eigenvalue weighted by atomic mass is 9.95. The average Bonchev–Trinajstić information content (AvgIpc) is 2.64. The average molecular weight is 274 g/mol. The number of thioether (sulfide) groups is 1. The maximum absolute atomic E-state index is 10.1. The van der Waals surface area contributed by atoms with Crippen molar-refractivity contribution in [1.82, 2.24) is 4.90 Å². The van der Waals surface area contributed by atoms with Crippen molar-refractivity contribution in [2.24, 2.45) is 4.99 Å². The van der Waals surface area contributed by atoms with Crippen LogP contribution in [0.25, 0.3) is 0 Å². The summed E-state index contributed by atoms with van der Waals surface area (Å²) < 4.78 is 5.67. The number of hydrogen-bond donors (Lipinski definition) is 3.